The molecule has 2 N–H and O–H groups in total. The molecule has 0 unspecified atom stereocenters. The topological polar surface area (TPSA) is 88.2 Å². The van der Waals surface area contributed by atoms with E-state index in [-0.39, 0.29) is 0 Å². The summed E-state index contributed by atoms with van der Waals surface area (Å²) in [6.45, 7) is 3.18. The molecule has 2 rings (SSSR count). The maximum atomic E-state index is 10.7. The number of nitrogens with one attached hydrogen (secondary N) is 1. The van der Waals surface area contributed by atoms with Crippen LogP contribution in [-0.2, 0) is 13.0 Å². The van der Waals surface area contributed by atoms with Crippen LogP contribution in [0.15, 0.2) is 28.8 Å². The summed E-state index contributed by atoms with van der Waals surface area (Å²) in [4.78, 5) is 14.8. The highest BCUT2D eigenvalue weighted by atomic mass is 16.5. The zero-order valence-corrected chi connectivity index (χ0v) is 10.6. The average Bonchev–Trinajstić information content (AvgIpc) is 2.81. The molecule has 1 aromatic carbocycles. The van der Waals surface area contributed by atoms with Gasteiger partial charge >= 0.3 is 5.97 Å². The van der Waals surface area contributed by atoms with Crippen molar-refractivity contribution >= 4 is 5.97 Å². The van der Waals surface area contributed by atoms with Gasteiger partial charge in [-0.25, -0.2) is 4.79 Å². The van der Waals surface area contributed by atoms with Crippen molar-refractivity contribution in [1.82, 2.24) is 15.5 Å². The van der Waals surface area contributed by atoms with Crippen LogP contribution in [0.2, 0.25) is 0 Å². The Labute approximate surface area is 110 Å². The van der Waals surface area contributed by atoms with E-state index < -0.39 is 5.97 Å². The van der Waals surface area contributed by atoms with Gasteiger partial charge in [-0.2, -0.15) is 4.98 Å². The Balaban J connectivity index is 1.75. The predicted molar refractivity (Wildman–Crippen MR) is 67.8 cm³/mol. The highest BCUT2D eigenvalue weighted by Crippen LogP contribution is 2.04. The molecule has 0 aliphatic rings. The quantitative estimate of drug-likeness (QED) is 0.764. The van der Waals surface area contributed by atoms with Crippen LogP contribution in [-0.4, -0.2) is 27.8 Å². The number of aryl methyl sites for hydroxylation is 1. The van der Waals surface area contributed by atoms with Crippen molar-refractivity contribution in [2.24, 2.45) is 0 Å². The summed E-state index contributed by atoms with van der Waals surface area (Å²) in [7, 11) is 0. The number of carboxylic acid groups (broad SMARTS) is 1. The summed E-state index contributed by atoms with van der Waals surface area (Å²) < 4.78 is 4.99. The Kier molecular flexibility index (Phi) is 4.25. The fourth-order valence-electron chi connectivity index (χ4n) is 1.63. The van der Waals surface area contributed by atoms with Gasteiger partial charge in [-0.05, 0) is 24.6 Å². The number of rotatable bonds is 6. The van der Waals surface area contributed by atoms with Crippen molar-refractivity contribution < 1.29 is 14.4 Å². The molecule has 0 saturated carbocycles. The lowest BCUT2D eigenvalue weighted by atomic mass is 10.1. The molecule has 6 heteroatoms. The Bertz CT molecular complexity index is 549. The first kappa shape index (κ1) is 13.2. The van der Waals surface area contributed by atoms with E-state index >= 15 is 0 Å². The average molecular weight is 261 g/mol. The van der Waals surface area contributed by atoms with Crippen molar-refractivity contribution in [3.63, 3.8) is 0 Å². The van der Waals surface area contributed by atoms with E-state index in [9.17, 15) is 4.79 Å². The maximum Gasteiger partial charge on any atom is 0.335 e. The van der Waals surface area contributed by atoms with E-state index in [1.807, 2.05) is 0 Å². The summed E-state index contributed by atoms with van der Waals surface area (Å²) in [5.41, 5.74) is 1.33. The Morgan fingerprint density at radius 3 is 2.68 bits per heavy atom. The first-order valence-electron chi connectivity index (χ1n) is 5.97. The van der Waals surface area contributed by atoms with Gasteiger partial charge in [-0.3, -0.25) is 0 Å². The monoisotopic (exact) mass is 261 g/mol. The third-order valence-corrected chi connectivity index (χ3v) is 2.62. The summed E-state index contributed by atoms with van der Waals surface area (Å²) >= 11 is 0. The zero-order valence-electron chi connectivity index (χ0n) is 10.6. The van der Waals surface area contributed by atoms with E-state index in [1.54, 1.807) is 31.2 Å². The van der Waals surface area contributed by atoms with E-state index in [0.717, 1.165) is 12.1 Å². The molecule has 2 aromatic rings. The molecule has 0 fully saturated rings. The van der Waals surface area contributed by atoms with Crippen LogP contribution in [0.5, 0.6) is 0 Å². The van der Waals surface area contributed by atoms with Gasteiger partial charge in [0.2, 0.25) is 5.89 Å². The molecule has 0 aliphatic carbocycles. The van der Waals surface area contributed by atoms with Gasteiger partial charge in [0, 0.05) is 19.5 Å². The highest BCUT2D eigenvalue weighted by molar-refractivity contribution is 5.87. The molecule has 0 bridgehead atoms. The van der Waals surface area contributed by atoms with Crippen molar-refractivity contribution in [3.05, 3.63) is 47.1 Å². The number of hydrogen-bond donors (Lipinski definition) is 2. The van der Waals surface area contributed by atoms with Crippen LogP contribution in [0.1, 0.15) is 27.6 Å². The fourth-order valence-corrected chi connectivity index (χ4v) is 1.63. The van der Waals surface area contributed by atoms with Gasteiger partial charge in [0.25, 0.3) is 0 Å². The molecule has 0 aliphatic heterocycles. The van der Waals surface area contributed by atoms with Crippen LogP contribution in [0, 0.1) is 6.92 Å². The Morgan fingerprint density at radius 1 is 1.37 bits per heavy atom. The van der Waals surface area contributed by atoms with E-state index in [2.05, 4.69) is 15.5 Å². The minimum absolute atomic E-state index is 0.296. The first-order valence-corrected chi connectivity index (χ1v) is 5.97. The summed E-state index contributed by atoms with van der Waals surface area (Å²) in [5, 5.41) is 15.7. The number of carboxylic acids is 1. The van der Waals surface area contributed by atoms with Crippen molar-refractivity contribution in [1.29, 1.82) is 0 Å². The lowest BCUT2D eigenvalue weighted by Gasteiger charge is -2.03. The Morgan fingerprint density at radius 2 is 2.11 bits per heavy atom. The molecule has 0 radical (unpaired) electrons. The minimum Gasteiger partial charge on any atom is -0.478 e. The van der Waals surface area contributed by atoms with Crippen LogP contribution >= 0.6 is 0 Å². The first-order chi connectivity index (χ1) is 9.15. The molecular formula is C13H15N3O3. The maximum absolute atomic E-state index is 10.7. The number of benzene rings is 1. The molecule has 1 aromatic heterocycles. The number of aromatic carboxylic acids is 1. The largest absolute Gasteiger partial charge is 0.478 e. The summed E-state index contributed by atoms with van der Waals surface area (Å²) in [6, 6.07) is 6.79. The van der Waals surface area contributed by atoms with E-state index in [0.29, 0.717) is 30.2 Å². The highest BCUT2D eigenvalue weighted by Gasteiger charge is 2.03. The van der Waals surface area contributed by atoms with Gasteiger partial charge in [0.05, 0.1) is 5.56 Å². The predicted octanol–water partition coefficient (Wildman–Crippen LogP) is 1.41. The number of nitrogens with zero attached hydrogens (tertiary/aromatic N) is 2. The summed E-state index contributed by atoms with van der Waals surface area (Å²) in [6.07, 6.45) is 0.675. The lowest BCUT2D eigenvalue weighted by Crippen LogP contribution is -2.16. The minimum atomic E-state index is -0.911. The third-order valence-electron chi connectivity index (χ3n) is 2.62. The molecule has 6 nitrogen and oxygen atoms in total. The number of aromatic nitrogens is 2. The second-order valence-electron chi connectivity index (χ2n) is 4.16. The molecular weight excluding hydrogens is 246 g/mol. The second kappa shape index (κ2) is 6.10. The Hall–Kier alpha value is -2.21. The molecule has 19 heavy (non-hydrogen) atoms. The smallest absolute Gasteiger partial charge is 0.335 e. The third kappa shape index (κ3) is 3.89. The van der Waals surface area contributed by atoms with Crippen LogP contribution in [0.25, 0.3) is 0 Å². The second-order valence-corrected chi connectivity index (χ2v) is 4.16. The van der Waals surface area contributed by atoms with E-state index in [1.165, 1.54) is 0 Å². The molecule has 0 saturated heterocycles. The van der Waals surface area contributed by atoms with Crippen LogP contribution < -0.4 is 5.32 Å². The van der Waals surface area contributed by atoms with Crippen molar-refractivity contribution in [2.45, 2.75) is 19.9 Å². The summed E-state index contributed by atoms with van der Waals surface area (Å²) in [5.74, 6) is 0.344. The van der Waals surface area contributed by atoms with Crippen LogP contribution in [0.4, 0.5) is 0 Å². The van der Waals surface area contributed by atoms with Gasteiger partial charge < -0.3 is 14.9 Å². The van der Waals surface area contributed by atoms with Crippen molar-refractivity contribution in [3.8, 4) is 0 Å². The van der Waals surface area contributed by atoms with Gasteiger partial charge in [0.15, 0.2) is 5.82 Å². The van der Waals surface area contributed by atoms with E-state index in [4.69, 9.17) is 9.63 Å². The molecule has 0 amide bonds. The van der Waals surface area contributed by atoms with Crippen LogP contribution in [0.3, 0.4) is 0 Å². The lowest BCUT2D eigenvalue weighted by molar-refractivity contribution is 0.0697. The SMILES string of the molecule is Cc1noc(CCNCc2ccc(C(=O)O)cc2)n1. The van der Waals surface area contributed by atoms with Gasteiger partial charge in [-0.1, -0.05) is 17.3 Å². The zero-order chi connectivity index (χ0) is 13.7. The number of carbonyl (C=O) groups is 1. The van der Waals surface area contributed by atoms with Crippen molar-refractivity contribution in [2.75, 3.05) is 6.54 Å². The number of hydrogen-bond acceptors (Lipinski definition) is 5. The fraction of sp³-hybridized carbons (Fsp3) is 0.308. The van der Waals surface area contributed by atoms with Gasteiger partial charge in [0.1, 0.15) is 0 Å². The normalized spacial score (nSPS) is 10.6. The molecule has 0 spiro atoms. The molecule has 1 heterocycles. The van der Waals surface area contributed by atoms with Gasteiger partial charge in [-0.15, -0.1) is 0 Å². The molecule has 100 valence electrons. The standard InChI is InChI=1S/C13H15N3O3/c1-9-15-12(19-16-9)6-7-14-8-10-2-4-11(5-3-10)13(17)18/h2-5,14H,6-8H2,1H3,(H,17,18). The molecule has 0 atom stereocenters.